The molecule has 10 heavy (non-hydrogen) atoms. The summed E-state index contributed by atoms with van der Waals surface area (Å²) in [5, 5.41) is 0. The van der Waals surface area contributed by atoms with Crippen molar-refractivity contribution >= 4 is 6.08 Å². The first-order valence-corrected chi connectivity index (χ1v) is 3.38. The Bertz CT molecular complexity index is 223. The molecule has 0 N–H and O–H groups in total. The highest BCUT2D eigenvalue weighted by Gasteiger charge is 1.91. The molecule has 0 fully saturated rings. The molecule has 0 aromatic heterocycles. The Balaban J connectivity index is 3.08. The van der Waals surface area contributed by atoms with Gasteiger partial charge in [0.1, 0.15) is 0 Å². The minimum Gasteiger partial charge on any atom is -0.0985 e. The van der Waals surface area contributed by atoms with E-state index in [1.165, 1.54) is 11.1 Å². The molecule has 0 heteroatoms. The van der Waals surface area contributed by atoms with Crippen LogP contribution in [-0.4, -0.2) is 0 Å². The Labute approximate surface area is 62.2 Å². The fourth-order valence-corrected chi connectivity index (χ4v) is 0.961. The standard InChI is InChI=1S/C10H11/c1-3-9-7-5-6-8-10(9)4-2/h3,5-8H,1-2,4H2. The van der Waals surface area contributed by atoms with Crippen LogP contribution in [0.4, 0.5) is 0 Å². The van der Waals surface area contributed by atoms with Crippen molar-refractivity contribution in [3.8, 4) is 0 Å². The predicted octanol–water partition coefficient (Wildman–Crippen LogP) is 2.71. The first-order chi connectivity index (χ1) is 4.88. The molecule has 0 amide bonds. The van der Waals surface area contributed by atoms with Crippen molar-refractivity contribution in [1.82, 2.24) is 0 Å². The molecule has 0 heterocycles. The van der Waals surface area contributed by atoms with Crippen molar-refractivity contribution in [3.63, 3.8) is 0 Å². The monoisotopic (exact) mass is 131 g/mol. The summed E-state index contributed by atoms with van der Waals surface area (Å²) in [5.41, 5.74) is 2.45. The third-order valence-corrected chi connectivity index (χ3v) is 1.54. The molecule has 0 atom stereocenters. The normalized spacial score (nSPS) is 9.30. The lowest BCUT2D eigenvalue weighted by atomic mass is 10.1. The SMILES string of the molecule is [CH2]Cc1ccccc1C=C. The minimum absolute atomic E-state index is 0.836. The van der Waals surface area contributed by atoms with E-state index in [2.05, 4.69) is 19.6 Å². The molecule has 1 rings (SSSR count). The quantitative estimate of drug-likeness (QED) is 0.579. The second kappa shape index (κ2) is 3.21. The molecule has 0 aliphatic rings. The summed E-state index contributed by atoms with van der Waals surface area (Å²) in [5.74, 6) is 0. The van der Waals surface area contributed by atoms with Gasteiger partial charge < -0.3 is 0 Å². The topological polar surface area (TPSA) is 0 Å². The highest BCUT2D eigenvalue weighted by molar-refractivity contribution is 5.51. The van der Waals surface area contributed by atoms with E-state index in [0.29, 0.717) is 0 Å². The number of rotatable bonds is 2. The molecule has 0 spiro atoms. The van der Waals surface area contributed by atoms with Gasteiger partial charge in [0, 0.05) is 0 Å². The molecule has 1 radical (unpaired) electrons. The molecule has 51 valence electrons. The smallest absolute Gasteiger partial charge is 0.0230 e. The Morgan fingerprint density at radius 2 is 2.00 bits per heavy atom. The first-order valence-electron chi connectivity index (χ1n) is 3.38. The van der Waals surface area contributed by atoms with E-state index >= 15 is 0 Å². The maximum Gasteiger partial charge on any atom is -0.0230 e. The van der Waals surface area contributed by atoms with Crippen molar-refractivity contribution in [2.45, 2.75) is 6.42 Å². The van der Waals surface area contributed by atoms with Crippen LogP contribution in [0.5, 0.6) is 0 Å². The fourth-order valence-electron chi connectivity index (χ4n) is 0.961. The molecule has 0 saturated heterocycles. The molecule has 0 bridgehead atoms. The van der Waals surface area contributed by atoms with E-state index in [1.807, 2.05) is 24.3 Å². The predicted molar refractivity (Wildman–Crippen MR) is 45.6 cm³/mol. The van der Waals surface area contributed by atoms with E-state index in [4.69, 9.17) is 0 Å². The zero-order valence-corrected chi connectivity index (χ0v) is 6.01. The highest BCUT2D eigenvalue weighted by atomic mass is 14.0. The molecular formula is C10H11. The van der Waals surface area contributed by atoms with Gasteiger partial charge in [0.2, 0.25) is 0 Å². The van der Waals surface area contributed by atoms with Crippen molar-refractivity contribution in [2.75, 3.05) is 0 Å². The Hall–Kier alpha value is -1.04. The van der Waals surface area contributed by atoms with Crippen LogP contribution in [0.3, 0.4) is 0 Å². The van der Waals surface area contributed by atoms with Gasteiger partial charge in [0.25, 0.3) is 0 Å². The molecule has 0 aliphatic carbocycles. The largest absolute Gasteiger partial charge is 0.0985 e. The molecule has 0 saturated carbocycles. The maximum atomic E-state index is 3.82. The van der Waals surface area contributed by atoms with Crippen LogP contribution in [0.2, 0.25) is 0 Å². The molecule has 0 unspecified atom stereocenters. The van der Waals surface area contributed by atoms with E-state index in [-0.39, 0.29) is 0 Å². The van der Waals surface area contributed by atoms with Crippen molar-refractivity contribution in [1.29, 1.82) is 0 Å². The number of benzene rings is 1. The van der Waals surface area contributed by atoms with Crippen LogP contribution < -0.4 is 0 Å². The summed E-state index contributed by atoms with van der Waals surface area (Å²) >= 11 is 0. The van der Waals surface area contributed by atoms with Gasteiger partial charge in [-0.15, -0.1) is 0 Å². The van der Waals surface area contributed by atoms with Gasteiger partial charge in [-0.05, 0) is 24.5 Å². The van der Waals surface area contributed by atoms with Crippen LogP contribution in [0, 0.1) is 6.92 Å². The summed E-state index contributed by atoms with van der Waals surface area (Å²) < 4.78 is 0. The maximum absolute atomic E-state index is 3.82. The van der Waals surface area contributed by atoms with Crippen LogP contribution in [-0.2, 0) is 6.42 Å². The molecule has 0 nitrogen and oxygen atoms in total. The van der Waals surface area contributed by atoms with Gasteiger partial charge >= 0.3 is 0 Å². The average molecular weight is 131 g/mol. The van der Waals surface area contributed by atoms with Crippen LogP contribution in [0.15, 0.2) is 30.8 Å². The van der Waals surface area contributed by atoms with Crippen LogP contribution in [0.25, 0.3) is 6.08 Å². The van der Waals surface area contributed by atoms with Crippen LogP contribution >= 0.6 is 0 Å². The van der Waals surface area contributed by atoms with Crippen LogP contribution in [0.1, 0.15) is 11.1 Å². The van der Waals surface area contributed by atoms with Crippen molar-refractivity contribution in [2.24, 2.45) is 0 Å². The summed E-state index contributed by atoms with van der Waals surface area (Å²) in [6, 6.07) is 8.15. The van der Waals surface area contributed by atoms with E-state index < -0.39 is 0 Å². The molecule has 1 aromatic carbocycles. The Morgan fingerprint density at radius 3 is 2.50 bits per heavy atom. The second-order valence-corrected chi connectivity index (χ2v) is 2.15. The second-order valence-electron chi connectivity index (χ2n) is 2.15. The summed E-state index contributed by atoms with van der Waals surface area (Å²) in [4.78, 5) is 0. The van der Waals surface area contributed by atoms with E-state index in [1.54, 1.807) is 0 Å². The Morgan fingerprint density at radius 1 is 1.30 bits per heavy atom. The molecule has 1 aromatic rings. The van der Waals surface area contributed by atoms with E-state index in [9.17, 15) is 0 Å². The summed E-state index contributed by atoms with van der Waals surface area (Å²) in [6.45, 7) is 7.53. The van der Waals surface area contributed by atoms with Gasteiger partial charge in [0.15, 0.2) is 0 Å². The van der Waals surface area contributed by atoms with Gasteiger partial charge in [-0.3, -0.25) is 0 Å². The molecule has 0 aliphatic heterocycles. The molecular weight excluding hydrogens is 120 g/mol. The first kappa shape index (κ1) is 7.07. The number of hydrogen-bond acceptors (Lipinski definition) is 0. The lowest BCUT2D eigenvalue weighted by Crippen LogP contribution is -1.83. The zero-order chi connectivity index (χ0) is 7.40. The summed E-state index contributed by atoms with van der Waals surface area (Å²) in [7, 11) is 0. The highest BCUT2D eigenvalue weighted by Crippen LogP contribution is 2.09. The van der Waals surface area contributed by atoms with Crippen molar-refractivity contribution in [3.05, 3.63) is 48.9 Å². The summed E-state index contributed by atoms with van der Waals surface area (Å²) in [6.07, 6.45) is 2.70. The minimum atomic E-state index is 0.836. The fraction of sp³-hybridized carbons (Fsp3) is 0.100. The average Bonchev–Trinajstić information content (AvgIpc) is 2.04. The van der Waals surface area contributed by atoms with Gasteiger partial charge in [0.05, 0.1) is 0 Å². The third-order valence-electron chi connectivity index (χ3n) is 1.54. The number of hydrogen-bond donors (Lipinski definition) is 0. The lowest BCUT2D eigenvalue weighted by Gasteiger charge is -1.99. The Kier molecular flexibility index (Phi) is 2.27. The van der Waals surface area contributed by atoms with E-state index in [0.717, 1.165) is 6.42 Å². The third kappa shape index (κ3) is 1.27. The zero-order valence-electron chi connectivity index (χ0n) is 6.01. The van der Waals surface area contributed by atoms with Gasteiger partial charge in [-0.2, -0.15) is 0 Å². The van der Waals surface area contributed by atoms with Gasteiger partial charge in [-0.25, -0.2) is 0 Å². The van der Waals surface area contributed by atoms with Crippen molar-refractivity contribution < 1.29 is 0 Å². The van der Waals surface area contributed by atoms with Gasteiger partial charge in [-0.1, -0.05) is 36.9 Å². The lowest BCUT2D eigenvalue weighted by molar-refractivity contribution is 1.26.